The van der Waals surface area contributed by atoms with E-state index in [4.69, 9.17) is 0 Å². The Hall–Kier alpha value is -1.56. The second-order valence-corrected chi connectivity index (χ2v) is 5.82. The van der Waals surface area contributed by atoms with Crippen LogP contribution in [-0.2, 0) is 11.0 Å². The molecule has 2 rings (SSSR count). The molecule has 2 unspecified atom stereocenters. The molecule has 1 fully saturated rings. The predicted molar refractivity (Wildman–Crippen MR) is 73.3 cm³/mol. The summed E-state index contributed by atoms with van der Waals surface area (Å²) in [4.78, 5) is 13.7. The van der Waals surface area contributed by atoms with Gasteiger partial charge in [-0.25, -0.2) is 0 Å². The summed E-state index contributed by atoms with van der Waals surface area (Å²) >= 11 is 0. The highest BCUT2D eigenvalue weighted by Gasteiger charge is 2.38. The molecule has 3 nitrogen and oxygen atoms in total. The van der Waals surface area contributed by atoms with Gasteiger partial charge in [-0.1, -0.05) is 26.0 Å². The maximum absolute atomic E-state index is 12.6. The largest absolute Gasteiger partial charge is 0.416 e. The Morgan fingerprint density at radius 1 is 1.24 bits per heavy atom. The minimum Gasteiger partial charge on any atom is -0.325 e. The van der Waals surface area contributed by atoms with E-state index in [1.165, 1.54) is 12.1 Å². The number of amides is 1. The number of alkyl halides is 3. The molecule has 6 heteroatoms. The van der Waals surface area contributed by atoms with E-state index in [9.17, 15) is 18.0 Å². The van der Waals surface area contributed by atoms with Gasteiger partial charge >= 0.3 is 6.18 Å². The van der Waals surface area contributed by atoms with Crippen molar-refractivity contribution in [1.82, 2.24) is 10.2 Å². The third-order valence-corrected chi connectivity index (χ3v) is 3.65. The first-order valence-corrected chi connectivity index (χ1v) is 6.90. The lowest BCUT2D eigenvalue weighted by Crippen LogP contribution is -2.30. The summed E-state index contributed by atoms with van der Waals surface area (Å²) in [5.74, 6) is 0.347. The summed E-state index contributed by atoms with van der Waals surface area (Å²) < 4.78 is 37.7. The lowest BCUT2D eigenvalue weighted by Gasteiger charge is -2.20. The molecule has 1 heterocycles. The molecule has 0 radical (unpaired) electrons. The van der Waals surface area contributed by atoms with Gasteiger partial charge in [0, 0.05) is 7.05 Å². The molecule has 0 bridgehead atoms. The lowest BCUT2D eigenvalue weighted by atomic mass is 10.0. The normalized spacial score (nSPS) is 23.2. The van der Waals surface area contributed by atoms with Gasteiger partial charge in [-0.3, -0.25) is 10.1 Å². The van der Waals surface area contributed by atoms with Crippen molar-refractivity contribution < 1.29 is 18.0 Å². The zero-order valence-electron chi connectivity index (χ0n) is 12.2. The van der Waals surface area contributed by atoms with Crippen molar-refractivity contribution in [3.05, 3.63) is 35.4 Å². The summed E-state index contributed by atoms with van der Waals surface area (Å²) in [5.41, 5.74) is -0.0259. The highest BCUT2D eigenvalue weighted by molar-refractivity contribution is 5.84. The molecule has 1 aromatic carbocycles. The minimum atomic E-state index is -4.34. The summed E-state index contributed by atoms with van der Waals surface area (Å²) in [6.45, 7) is 4.06. The van der Waals surface area contributed by atoms with Crippen LogP contribution in [0.5, 0.6) is 0 Å². The van der Waals surface area contributed by atoms with Crippen LogP contribution in [-0.4, -0.2) is 23.9 Å². The molecule has 1 aliphatic rings. The van der Waals surface area contributed by atoms with Gasteiger partial charge in [-0.05, 0) is 30.0 Å². The van der Waals surface area contributed by atoms with Gasteiger partial charge in [0.25, 0.3) is 0 Å². The molecule has 2 atom stereocenters. The van der Waals surface area contributed by atoms with Crippen molar-refractivity contribution in [3.63, 3.8) is 0 Å². The first kappa shape index (κ1) is 15.8. The van der Waals surface area contributed by atoms with E-state index in [0.717, 1.165) is 12.1 Å². The Labute approximate surface area is 122 Å². The van der Waals surface area contributed by atoms with Crippen LogP contribution in [0.15, 0.2) is 24.3 Å². The van der Waals surface area contributed by atoms with Crippen molar-refractivity contribution >= 4 is 5.91 Å². The number of hydrogen-bond donors (Lipinski definition) is 1. The van der Waals surface area contributed by atoms with Gasteiger partial charge in [0.2, 0.25) is 5.91 Å². The van der Waals surface area contributed by atoms with Crippen molar-refractivity contribution in [2.45, 2.75) is 38.7 Å². The molecular formula is C15H19F3N2O. The summed E-state index contributed by atoms with van der Waals surface area (Å²) in [7, 11) is 1.66. The van der Waals surface area contributed by atoms with Crippen LogP contribution in [0.4, 0.5) is 13.2 Å². The monoisotopic (exact) mass is 300 g/mol. The van der Waals surface area contributed by atoms with Crippen molar-refractivity contribution in [1.29, 1.82) is 0 Å². The number of benzene rings is 1. The van der Waals surface area contributed by atoms with E-state index in [2.05, 4.69) is 5.32 Å². The number of hydrogen-bond acceptors (Lipinski definition) is 2. The van der Waals surface area contributed by atoms with Gasteiger partial charge < -0.3 is 4.90 Å². The number of nitrogens with zero attached hydrogens (tertiary/aromatic N) is 1. The van der Waals surface area contributed by atoms with E-state index in [0.29, 0.717) is 17.9 Å². The quantitative estimate of drug-likeness (QED) is 0.930. The zero-order chi connectivity index (χ0) is 15.8. The summed E-state index contributed by atoms with van der Waals surface area (Å²) in [6.07, 6.45) is -4.01. The SMILES string of the molecule is CC(C)CC1NC(c2ccc(C(F)(F)F)cc2)N(C)C1=O. The van der Waals surface area contributed by atoms with Crippen molar-refractivity contribution in [2.75, 3.05) is 7.05 Å². The number of carbonyl (C=O) groups excluding carboxylic acids is 1. The summed E-state index contributed by atoms with van der Waals surface area (Å²) in [5, 5.41) is 3.19. The van der Waals surface area contributed by atoms with E-state index in [1.54, 1.807) is 11.9 Å². The van der Waals surface area contributed by atoms with E-state index >= 15 is 0 Å². The zero-order valence-corrected chi connectivity index (χ0v) is 12.2. The van der Waals surface area contributed by atoms with E-state index < -0.39 is 11.7 Å². The predicted octanol–water partition coefficient (Wildman–Crippen LogP) is 3.18. The molecule has 116 valence electrons. The number of likely N-dealkylation sites (N-methyl/N-ethyl adjacent to an activating group) is 1. The molecule has 1 N–H and O–H groups in total. The van der Waals surface area contributed by atoms with Gasteiger partial charge in [0.15, 0.2) is 0 Å². The second kappa shape index (κ2) is 5.67. The van der Waals surface area contributed by atoms with Crippen LogP contribution in [0.25, 0.3) is 0 Å². The molecule has 21 heavy (non-hydrogen) atoms. The standard InChI is InChI=1S/C15H19F3N2O/c1-9(2)8-12-14(21)20(3)13(19-12)10-4-6-11(7-5-10)15(16,17)18/h4-7,9,12-13,19H,8H2,1-3H3. The highest BCUT2D eigenvalue weighted by atomic mass is 19.4. The fraction of sp³-hybridized carbons (Fsp3) is 0.533. The number of rotatable bonds is 3. The third kappa shape index (κ3) is 3.37. The lowest BCUT2D eigenvalue weighted by molar-refractivity contribution is -0.137. The molecule has 1 aliphatic heterocycles. The fourth-order valence-electron chi connectivity index (χ4n) is 2.56. The Bertz CT molecular complexity index is 511. The van der Waals surface area contributed by atoms with Crippen LogP contribution in [0.1, 0.15) is 37.6 Å². The average Bonchev–Trinajstić information content (AvgIpc) is 2.66. The minimum absolute atomic E-state index is 0.0198. The second-order valence-electron chi connectivity index (χ2n) is 5.82. The average molecular weight is 300 g/mol. The first-order chi connectivity index (χ1) is 9.70. The smallest absolute Gasteiger partial charge is 0.325 e. The van der Waals surface area contributed by atoms with Crippen LogP contribution in [0.2, 0.25) is 0 Å². The number of halogens is 3. The van der Waals surface area contributed by atoms with Crippen LogP contribution in [0.3, 0.4) is 0 Å². The Kier molecular flexibility index (Phi) is 4.27. The molecule has 0 spiro atoms. The van der Waals surface area contributed by atoms with Crippen LogP contribution >= 0.6 is 0 Å². The molecule has 1 saturated heterocycles. The van der Waals surface area contributed by atoms with E-state index in [-0.39, 0.29) is 18.1 Å². The Morgan fingerprint density at radius 3 is 2.29 bits per heavy atom. The van der Waals surface area contributed by atoms with Gasteiger partial charge in [-0.15, -0.1) is 0 Å². The molecule has 1 aromatic rings. The topological polar surface area (TPSA) is 32.3 Å². The van der Waals surface area contributed by atoms with Gasteiger partial charge in [0.1, 0.15) is 6.17 Å². The molecular weight excluding hydrogens is 281 g/mol. The van der Waals surface area contributed by atoms with Gasteiger partial charge in [-0.2, -0.15) is 13.2 Å². The first-order valence-electron chi connectivity index (χ1n) is 6.90. The highest BCUT2D eigenvalue weighted by Crippen LogP contribution is 2.31. The van der Waals surface area contributed by atoms with Crippen molar-refractivity contribution in [2.24, 2.45) is 5.92 Å². The fourth-order valence-corrected chi connectivity index (χ4v) is 2.56. The van der Waals surface area contributed by atoms with Gasteiger partial charge in [0.05, 0.1) is 11.6 Å². The molecule has 0 aliphatic carbocycles. The third-order valence-electron chi connectivity index (χ3n) is 3.65. The Morgan fingerprint density at radius 2 is 1.81 bits per heavy atom. The summed E-state index contributed by atoms with van der Waals surface area (Å²) in [6, 6.07) is 4.66. The molecule has 0 aromatic heterocycles. The maximum Gasteiger partial charge on any atom is 0.416 e. The molecule has 1 amide bonds. The number of nitrogens with one attached hydrogen (secondary N) is 1. The van der Waals surface area contributed by atoms with Crippen molar-refractivity contribution in [3.8, 4) is 0 Å². The number of carbonyl (C=O) groups is 1. The molecule has 0 saturated carbocycles. The van der Waals surface area contributed by atoms with Crippen LogP contribution in [0, 0.1) is 5.92 Å². The Balaban J connectivity index is 2.17. The van der Waals surface area contributed by atoms with Crippen LogP contribution < -0.4 is 5.32 Å². The maximum atomic E-state index is 12.6. The van der Waals surface area contributed by atoms with E-state index in [1.807, 2.05) is 13.8 Å².